The van der Waals surface area contributed by atoms with E-state index in [4.69, 9.17) is 11.5 Å². The van der Waals surface area contributed by atoms with E-state index in [0.29, 0.717) is 35.0 Å². The monoisotopic (exact) mass is 691 g/mol. The largest absolute Gasteiger partial charge is 0.343 e. The second-order valence-corrected chi connectivity index (χ2v) is 19.7. The van der Waals surface area contributed by atoms with Crippen LogP contribution in [0.5, 0.6) is 0 Å². The average Bonchev–Trinajstić information content (AvgIpc) is 3.41. The number of hydrogen-bond acceptors (Lipinski definition) is 6. The van der Waals surface area contributed by atoms with Gasteiger partial charge in [-0.25, -0.2) is 0 Å². The van der Waals surface area contributed by atoms with Crippen molar-refractivity contribution >= 4 is 27.5 Å². The van der Waals surface area contributed by atoms with Crippen molar-refractivity contribution in [3.63, 3.8) is 0 Å². The lowest BCUT2D eigenvalue weighted by Gasteiger charge is -2.58. The van der Waals surface area contributed by atoms with E-state index in [1.807, 2.05) is 10.8 Å². The second-order valence-electron chi connectivity index (χ2n) is 16.9. The highest BCUT2D eigenvalue weighted by Crippen LogP contribution is 2.67. The maximum atomic E-state index is 13.1. The maximum Gasteiger partial charge on any atom is 0.223 e. The van der Waals surface area contributed by atoms with Crippen molar-refractivity contribution in [3.8, 4) is 0 Å². The highest BCUT2D eigenvalue weighted by Gasteiger charge is 2.59. The van der Waals surface area contributed by atoms with E-state index in [-0.39, 0.29) is 0 Å². The molecule has 5 N–H and O–H groups in total. The van der Waals surface area contributed by atoms with E-state index in [9.17, 15) is 4.79 Å². The number of unbranched alkanes of at least 4 members (excludes halogenated alkanes) is 1. The minimum absolute atomic E-state index is 0.309. The van der Waals surface area contributed by atoms with Crippen LogP contribution in [0, 0.1) is 46.3 Å². The molecule has 1 amide bonds. The van der Waals surface area contributed by atoms with Gasteiger partial charge in [0.1, 0.15) is 0 Å². The third-order valence-corrected chi connectivity index (χ3v) is 16.3. The molecule has 4 aliphatic rings. The Balaban J connectivity index is 1.22. The van der Waals surface area contributed by atoms with Gasteiger partial charge in [-0.05, 0) is 150 Å². The first kappa shape index (κ1) is 39.6. The van der Waals surface area contributed by atoms with Crippen LogP contribution in [-0.4, -0.2) is 61.1 Å². The van der Waals surface area contributed by atoms with Crippen LogP contribution in [-0.2, 0) is 4.79 Å². The molecule has 3 fully saturated rings. The molecule has 5 nitrogen and oxygen atoms in total. The van der Waals surface area contributed by atoms with E-state index in [1.54, 1.807) is 5.57 Å². The van der Waals surface area contributed by atoms with Crippen molar-refractivity contribution in [2.24, 2.45) is 57.8 Å². The number of rotatable bonds is 21. The molecule has 0 bridgehead atoms. The molecule has 0 aromatic carbocycles. The summed E-state index contributed by atoms with van der Waals surface area (Å²) in [6.07, 6.45) is 22.9. The minimum atomic E-state index is 0.309. The van der Waals surface area contributed by atoms with Gasteiger partial charge in [0.15, 0.2) is 0 Å². The molecule has 1 unspecified atom stereocenters. The first-order chi connectivity index (χ1) is 22.6. The van der Waals surface area contributed by atoms with Crippen molar-refractivity contribution in [1.82, 2.24) is 10.2 Å². The molecule has 8 atom stereocenters. The van der Waals surface area contributed by atoms with Crippen LogP contribution in [0.15, 0.2) is 11.6 Å². The smallest absolute Gasteiger partial charge is 0.223 e. The number of allylic oxidation sites excluding steroid dienone is 2. The second kappa shape index (κ2) is 19.4. The number of hydrogen-bond donors (Lipinski definition) is 3. The molecular formula is C40H74N4OS2. The van der Waals surface area contributed by atoms with Gasteiger partial charge in [-0.15, -0.1) is 0 Å². The van der Waals surface area contributed by atoms with E-state index in [2.05, 4.69) is 61.7 Å². The molecule has 0 aromatic rings. The van der Waals surface area contributed by atoms with E-state index >= 15 is 0 Å². The molecule has 0 aliphatic heterocycles. The van der Waals surface area contributed by atoms with Crippen LogP contribution in [0.25, 0.3) is 0 Å². The topological polar surface area (TPSA) is 84.4 Å². The third-order valence-electron chi connectivity index (χ3n) is 13.4. The summed E-state index contributed by atoms with van der Waals surface area (Å²) in [6.45, 7) is 17.8. The number of nitrogens with zero attached hydrogens (tertiary/aromatic N) is 1. The molecule has 0 heterocycles. The quantitative estimate of drug-likeness (QED) is 0.0633. The van der Waals surface area contributed by atoms with Crippen LogP contribution in [0.3, 0.4) is 0 Å². The molecule has 272 valence electrons. The van der Waals surface area contributed by atoms with Gasteiger partial charge in [0.25, 0.3) is 0 Å². The number of carbonyl (C=O) groups is 1. The van der Waals surface area contributed by atoms with Crippen molar-refractivity contribution in [2.75, 3.05) is 45.0 Å². The number of nitrogens with one attached hydrogen (secondary N) is 1. The van der Waals surface area contributed by atoms with Gasteiger partial charge in [-0.2, -0.15) is 0 Å². The summed E-state index contributed by atoms with van der Waals surface area (Å²) < 4.78 is 0. The fourth-order valence-corrected chi connectivity index (χ4v) is 13.3. The zero-order valence-electron chi connectivity index (χ0n) is 31.2. The fraction of sp³-hybridized carbons (Fsp3) is 0.925. The first-order valence-electron chi connectivity index (χ1n) is 20.0. The van der Waals surface area contributed by atoms with E-state index in [1.165, 1.54) is 70.6 Å². The lowest BCUT2D eigenvalue weighted by Crippen LogP contribution is -2.50. The highest BCUT2D eigenvalue weighted by atomic mass is 33.1. The van der Waals surface area contributed by atoms with Crippen molar-refractivity contribution in [1.29, 1.82) is 0 Å². The van der Waals surface area contributed by atoms with Gasteiger partial charge in [-0.3, -0.25) is 4.79 Å². The van der Waals surface area contributed by atoms with E-state index in [0.717, 1.165) is 99.7 Å². The molecule has 4 aliphatic carbocycles. The number of carbonyl (C=O) groups excluding carboxylic acids is 1. The van der Waals surface area contributed by atoms with Crippen LogP contribution in [0.2, 0.25) is 0 Å². The predicted octanol–water partition coefficient (Wildman–Crippen LogP) is 9.06. The number of fused-ring (bicyclic) bond motifs is 5. The third kappa shape index (κ3) is 10.4. The zero-order valence-corrected chi connectivity index (χ0v) is 32.8. The van der Waals surface area contributed by atoms with Crippen molar-refractivity contribution in [3.05, 3.63) is 11.6 Å². The molecule has 0 radical (unpaired) electrons. The molecule has 0 aromatic heterocycles. The Labute approximate surface area is 298 Å². The molecule has 0 saturated heterocycles. The Kier molecular flexibility index (Phi) is 16.3. The van der Waals surface area contributed by atoms with Gasteiger partial charge >= 0.3 is 0 Å². The summed E-state index contributed by atoms with van der Waals surface area (Å²) in [5.41, 5.74) is 14.2. The molecule has 47 heavy (non-hydrogen) atoms. The first-order valence-corrected chi connectivity index (χ1v) is 22.4. The van der Waals surface area contributed by atoms with Crippen LogP contribution < -0.4 is 16.8 Å². The van der Waals surface area contributed by atoms with Crippen molar-refractivity contribution in [2.45, 2.75) is 143 Å². The van der Waals surface area contributed by atoms with Gasteiger partial charge < -0.3 is 21.7 Å². The maximum absolute atomic E-state index is 13.1. The molecule has 4 rings (SSSR count). The summed E-state index contributed by atoms with van der Waals surface area (Å²) in [5, 5.41) is 4.15. The SMILES string of the molecule is CC(C)CCCC(C)[C@H]1CC[C@H]2[C@@H]3CC=C4C[C@@H](SSCCC(=O)N(CCCN)CCCCNCCCN)CC[C@]4(C)[C@H]3CC[C@]12C. The molecule has 0 spiro atoms. The summed E-state index contributed by atoms with van der Waals surface area (Å²) in [6, 6.07) is 0. The molecular weight excluding hydrogens is 617 g/mol. The zero-order chi connectivity index (χ0) is 33.9. The Hall–Kier alpha value is -0.210. The number of amides is 1. The Morgan fingerprint density at radius 1 is 0.936 bits per heavy atom. The fourth-order valence-electron chi connectivity index (χ4n) is 10.7. The lowest BCUT2D eigenvalue weighted by molar-refractivity contribution is -0.130. The van der Waals surface area contributed by atoms with Gasteiger partial charge in [0.2, 0.25) is 5.91 Å². The van der Waals surface area contributed by atoms with Crippen LogP contribution >= 0.6 is 21.6 Å². The Bertz CT molecular complexity index is 976. The van der Waals surface area contributed by atoms with E-state index < -0.39 is 0 Å². The van der Waals surface area contributed by atoms with Gasteiger partial charge in [-0.1, -0.05) is 87.1 Å². The standard InChI is InChI=1S/C40H74N4OS2/c1-30(2)11-8-12-31(3)35-15-16-36-34-14-13-32-29-33(17-20-39(32,4)37(34)18-21-40(35,36)5)47-46-28-19-38(45)44(27-10-23-42)26-7-6-24-43-25-9-22-41/h13,30-31,33-37,43H,6-12,14-29,41-42H2,1-5H3/t31?,33-,34-,35+,36-,37-,39-,40+/m0/s1. The predicted molar refractivity (Wildman–Crippen MR) is 208 cm³/mol. The van der Waals surface area contributed by atoms with Gasteiger partial charge in [0, 0.05) is 30.5 Å². The highest BCUT2D eigenvalue weighted by molar-refractivity contribution is 8.76. The van der Waals surface area contributed by atoms with Crippen LogP contribution in [0.4, 0.5) is 0 Å². The molecule has 3 saturated carbocycles. The number of nitrogens with two attached hydrogens (primary N) is 2. The molecule has 7 heteroatoms. The summed E-state index contributed by atoms with van der Waals surface area (Å²) in [5.74, 6) is 6.64. The summed E-state index contributed by atoms with van der Waals surface area (Å²) in [4.78, 5) is 15.2. The van der Waals surface area contributed by atoms with Crippen LogP contribution in [0.1, 0.15) is 137 Å². The average molecular weight is 691 g/mol. The summed E-state index contributed by atoms with van der Waals surface area (Å²) in [7, 11) is 4.03. The Morgan fingerprint density at radius 3 is 2.47 bits per heavy atom. The summed E-state index contributed by atoms with van der Waals surface area (Å²) >= 11 is 0. The van der Waals surface area contributed by atoms with Crippen molar-refractivity contribution < 1.29 is 4.79 Å². The Morgan fingerprint density at radius 2 is 1.70 bits per heavy atom. The lowest BCUT2D eigenvalue weighted by atomic mass is 9.47. The van der Waals surface area contributed by atoms with Gasteiger partial charge in [0.05, 0.1) is 0 Å². The normalized spacial score (nSPS) is 32.4. The minimum Gasteiger partial charge on any atom is -0.343 e.